The van der Waals surface area contributed by atoms with Gasteiger partial charge in [-0.3, -0.25) is 4.79 Å². The normalized spacial score (nSPS) is 13.8. The summed E-state index contributed by atoms with van der Waals surface area (Å²) in [4.78, 5) is 14.0. The van der Waals surface area contributed by atoms with Crippen molar-refractivity contribution >= 4 is 11.6 Å². The molecule has 0 atom stereocenters. The topological polar surface area (TPSA) is 20.3 Å². The minimum Gasteiger partial charge on any atom is -0.304 e. The zero-order chi connectivity index (χ0) is 13.6. The smallest absolute Gasteiger partial charge is 0.258 e. The van der Waals surface area contributed by atoms with Crippen LogP contribution in [-0.4, -0.2) is 5.91 Å². The SMILES string of the molecule is Cc1cc2c(cc1C)C(=O)N(c1cccc(F)c1)C2. The van der Waals surface area contributed by atoms with Gasteiger partial charge in [0, 0.05) is 11.3 Å². The molecule has 1 aliphatic rings. The van der Waals surface area contributed by atoms with Crippen LogP contribution >= 0.6 is 0 Å². The van der Waals surface area contributed by atoms with Crippen LogP contribution in [0.5, 0.6) is 0 Å². The Morgan fingerprint density at radius 1 is 1.11 bits per heavy atom. The summed E-state index contributed by atoms with van der Waals surface area (Å²) < 4.78 is 13.3. The Morgan fingerprint density at radius 2 is 1.84 bits per heavy atom. The molecule has 0 saturated heterocycles. The van der Waals surface area contributed by atoms with Crippen LogP contribution in [0.1, 0.15) is 27.0 Å². The Bertz CT molecular complexity index is 678. The first kappa shape index (κ1) is 11.9. The van der Waals surface area contributed by atoms with Gasteiger partial charge in [0.25, 0.3) is 5.91 Å². The fraction of sp³-hybridized carbons (Fsp3) is 0.188. The van der Waals surface area contributed by atoms with E-state index < -0.39 is 0 Å². The molecule has 96 valence electrons. The summed E-state index contributed by atoms with van der Waals surface area (Å²) in [7, 11) is 0. The highest BCUT2D eigenvalue weighted by atomic mass is 19.1. The van der Waals surface area contributed by atoms with Crippen molar-refractivity contribution in [3.63, 3.8) is 0 Å². The molecule has 0 unspecified atom stereocenters. The Balaban J connectivity index is 2.04. The van der Waals surface area contributed by atoms with Crippen molar-refractivity contribution in [1.29, 1.82) is 0 Å². The van der Waals surface area contributed by atoms with E-state index in [-0.39, 0.29) is 11.7 Å². The van der Waals surface area contributed by atoms with Crippen LogP contribution in [-0.2, 0) is 6.54 Å². The van der Waals surface area contributed by atoms with E-state index in [9.17, 15) is 9.18 Å². The van der Waals surface area contributed by atoms with Crippen LogP contribution in [0.15, 0.2) is 36.4 Å². The van der Waals surface area contributed by atoms with Gasteiger partial charge < -0.3 is 4.90 Å². The minimum atomic E-state index is -0.325. The first-order valence-corrected chi connectivity index (χ1v) is 6.24. The lowest BCUT2D eigenvalue weighted by Crippen LogP contribution is -2.22. The van der Waals surface area contributed by atoms with Gasteiger partial charge in [0.15, 0.2) is 0 Å². The van der Waals surface area contributed by atoms with Crippen molar-refractivity contribution in [3.05, 3.63) is 64.5 Å². The number of carbonyl (C=O) groups is 1. The fourth-order valence-corrected chi connectivity index (χ4v) is 2.45. The molecule has 2 nitrogen and oxygen atoms in total. The molecule has 0 aromatic heterocycles. The van der Waals surface area contributed by atoms with Crippen molar-refractivity contribution in [3.8, 4) is 0 Å². The summed E-state index contributed by atoms with van der Waals surface area (Å²) in [6.45, 7) is 4.54. The number of benzene rings is 2. The predicted molar refractivity (Wildman–Crippen MR) is 72.8 cm³/mol. The lowest BCUT2D eigenvalue weighted by atomic mass is 10.0. The third-order valence-corrected chi connectivity index (χ3v) is 3.64. The van der Waals surface area contributed by atoms with E-state index in [0.717, 1.165) is 16.7 Å². The maximum Gasteiger partial charge on any atom is 0.258 e. The van der Waals surface area contributed by atoms with Gasteiger partial charge in [-0.05, 0) is 54.8 Å². The molecule has 19 heavy (non-hydrogen) atoms. The average Bonchev–Trinajstić information content (AvgIpc) is 2.68. The Kier molecular flexibility index (Phi) is 2.63. The number of anilines is 1. The number of carbonyl (C=O) groups excluding carboxylic acids is 1. The largest absolute Gasteiger partial charge is 0.304 e. The van der Waals surface area contributed by atoms with E-state index in [0.29, 0.717) is 12.2 Å². The quantitative estimate of drug-likeness (QED) is 0.762. The predicted octanol–water partition coefficient (Wildman–Crippen LogP) is 3.60. The first-order chi connectivity index (χ1) is 9.06. The van der Waals surface area contributed by atoms with Gasteiger partial charge in [-0.2, -0.15) is 0 Å². The van der Waals surface area contributed by atoms with Crippen LogP contribution in [0, 0.1) is 19.7 Å². The van der Waals surface area contributed by atoms with Crippen molar-refractivity contribution < 1.29 is 9.18 Å². The van der Waals surface area contributed by atoms with Gasteiger partial charge in [-0.15, -0.1) is 0 Å². The van der Waals surface area contributed by atoms with Crippen LogP contribution in [0.2, 0.25) is 0 Å². The van der Waals surface area contributed by atoms with Crippen LogP contribution in [0.25, 0.3) is 0 Å². The molecule has 1 aliphatic heterocycles. The fourth-order valence-electron chi connectivity index (χ4n) is 2.45. The van der Waals surface area contributed by atoms with E-state index in [1.165, 1.54) is 17.7 Å². The molecule has 0 aliphatic carbocycles. The molecule has 1 amide bonds. The number of hydrogen-bond acceptors (Lipinski definition) is 1. The summed E-state index contributed by atoms with van der Waals surface area (Å²) in [5, 5.41) is 0. The van der Waals surface area contributed by atoms with Crippen molar-refractivity contribution in [2.24, 2.45) is 0 Å². The van der Waals surface area contributed by atoms with Gasteiger partial charge in [0.1, 0.15) is 5.82 Å². The first-order valence-electron chi connectivity index (χ1n) is 6.24. The molecule has 2 aromatic carbocycles. The molecule has 0 saturated carbocycles. The molecule has 3 heteroatoms. The maximum atomic E-state index is 13.3. The van der Waals surface area contributed by atoms with Gasteiger partial charge in [0.05, 0.1) is 6.54 Å². The summed E-state index contributed by atoms with van der Waals surface area (Å²) in [5.74, 6) is -0.377. The lowest BCUT2D eigenvalue weighted by Gasteiger charge is -2.15. The third-order valence-electron chi connectivity index (χ3n) is 3.64. The van der Waals surface area contributed by atoms with E-state index >= 15 is 0 Å². The van der Waals surface area contributed by atoms with Gasteiger partial charge >= 0.3 is 0 Å². The Morgan fingerprint density at radius 3 is 2.58 bits per heavy atom. The molecule has 0 fully saturated rings. The second-order valence-electron chi connectivity index (χ2n) is 4.96. The van der Waals surface area contributed by atoms with E-state index in [4.69, 9.17) is 0 Å². The van der Waals surface area contributed by atoms with E-state index in [1.807, 2.05) is 26.0 Å². The Hall–Kier alpha value is -2.16. The summed E-state index contributed by atoms with van der Waals surface area (Å²) in [5.41, 5.74) is 4.63. The van der Waals surface area contributed by atoms with Crippen molar-refractivity contribution in [2.45, 2.75) is 20.4 Å². The second kappa shape index (κ2) is 4.19. The van der Waals surface area contributed by atoms with Crippen molar-refractivity contribution in [1.82, 2.24) is 0 Å². The lowest BCUT2D eigenvalue weighted by molar-refractivity contribution is 0.0996. The maximum absolute atomic E-state index is 13.3. The summed E-state index contributed by atoms with van der Waals surface area (Å²) >= 11 is 0. The number of hydrogen-bond donors (Lipinski definition) is 0. The average molecular weight is 255 g/mol. The second-order valence-corrected chi connectivity index (χ2v) is 4.96. The molecular formula is C16H14FNO. The van der Waals surface area contributed by atoms with Crippen LogP contribution < -0.4 is 4.90 Å². The molecule has 0 bridgehead atoms. The molecule has 0 spiro atoms. The highest BCUT2D eigenvalue weighted by Gasteiger charge is 2.29. The standard InChI is InChI=1S/C16H14FNO/c1-10-6-12-9-18(14-5-3-4-13(17)8-14)16(19)15(12)7-11(10)2/h3-8H,9H2,1-2H3. The van der Waals surface area contributed by atoms with Crippen LogP contribution in [0.4, 0.5) is 10.1 Å². The van der Waals surface area contributed by atoms with E-state index in [2.05, 4.69) is 0 Å². The number of amides is 1. The van der Waals surface area contributed by atoms with Gasteiger partial charge in [-0.1, -0.05) is 12.1 Å². The van der Waals surface area contributed by atoms with Crippen molar-refractivity contribution in [2.75, 3.05) is 4.90 Å². The summed E-state index contributed by atoms with van der Waals surface area (Å²) in [6, 6.07) is 10.1. The zero-order valence-corrected chi connectivity index (χ0v) is 10.9. The number of halogens is 1. The highest BCUT2D eigenvalue weighted by Crippen LogP contribution is 2.30. The molecule has 0 N–H and O–H groups in total. The number of fused-ring (bicyclic) bond motifs is 1. The van der Waals surface area contributed by atoms with Gasteiger partial charge in [-0.25, -0.2) is 4.39 Å². The highest BCUT2D eigenvalue weighted by molar-refractivity contribution is 6.10. The number of aryl methyl sites for hydroxylation is 2. The zero-order valence-electron chi connectivity index (χ0n) is 10.9. The Labute approximate surface area is 111 Å². The van der Waals surface area contributed by atoms with Gasteiger partial charge in [0.2, 0.25) is 0 Å². The minimum absolute atomic E-state index is 0.0521. The van der Waals surface area contributed by atoms with E-state index in [1.54, 1.807) is 17.0 Å². The monoisotopic (exact) mass is 255 g/mol. The molecule has 3 rings (SSSR count). The molecule has 2 aromatic rings. The molecule has 1 heterocycles. The number of nitrogens with zero attached hydrogens (tertiary/aromatic N) is 1. The number of rotatable bonds is 1. The summed E-state index contributed by atoms with van der Waals surface area (Å²) in [6.07, 6.45) is 0. The molecule has 0 radical (unpaired) electrons. The van der Waals surface area contributed by atoms with Crippen LogP contribution in [0.3, 0.4) is 0 Å². The third kappa shape index (κ3) is 1.91. The molecular weight excluding hydrogens is 241 g/mol.